The van der Waals surface area contributed by atoms with E-state index in [0.717, 1.165) is 29.9 Å². The summed E-state index contributed by atoms with van der Waals surface area (Å²) < 4.78 is 0. The highest BCUT2D eigenvalue weighted by atomic mass is 15.2. The summed E-state index contributed by atoms with van der Waals surface area (Å²) in [6.07, 6.45) is 6.66. The number of nitrogens with zero attached hydrogens (tertiary/aromatic N) is 2. The van der Waals surface area contributed by atoms with Gasteiger partial charge in [0.1, 0.15) is 0 Å². The molecule has 0 bridgehead atoms. The molecule has 5 aromatic carbocycles. The van der Waals surface area contributed by atoms with E-state index in [4.69, 9.17) is 0 Å². The fourth-order valence-electron chi connectivity index (χ4n) is 5.37. The van der Waals surface area contributed by atoms with Crippen LogP contribution in [0.25, 0.3) is 11.1 Å². The Balaban J connectivity index is 1.31. The van der Waals surface area contributed by atoms with Crippen LogP contribution in [0.3, 0.4) is 0 Å². The van der Waals surface area contributed by atoms with Gasteiger partial charge in [-0.1, -0.05) is 84.4 Å². The zero-order chi connectivity index (χ0) is 27.3. The molecule has 0 fully saturated rings. The highest BCUT2D eigenvalue weighted by Crippen LogP contribution is 2.37. The van der Waals surface area contributed by atoms with Gasteiger partial charge in [0.25, 0.3) is 0 Å². The Labute approximate surface area is 238 Å². The van der Waals surface area contributed by atoms with E-state index in [1.165, 1.54) is 39.3 Å². The molecular weight excluding hydrogens is 484 g/mol. The molecule has 6 rings (SSSR count). The molecule has 1 aliphatic rings. The van der Waals surface area contributed by atoms with Crippen molar-refractivity contribution in [2.45, 2.75) is 26.7 Å². The van der Waals surface area contributed by atoms with Crippen LogP contribution in [0.2, 0.25) is 0 Å². The molecule has 0 unspecified atom stereocenters. The molecule has 0 saturated heterocycles. The van der Waals surface area contributed by atoms with Crippen molar-refractivity contribution in [1.82, 2.24) is 0 Å². The molecule has 0 amide bonds. The van der Waals surface area contributed by atoms with Crippen molar-refractivity contribution in [3.63, 3.8) is 0 Å². The van der Waals surface area contributed by atoms with Crippen LogP contribution < -0.4 is 9.80 Å². The minimum Gasteiger partial charge on any atom is -0.314 e. The first kappa shape index (κ1) is 25.5. The minimum absolute atomic E-state index is 1.04. The molecule has 0 saturated carbocycles. The third kappa shape index (κ3) is 5.48. The van der Waals surface area contributed by atoms with Crippen molar-refractivity contribution in [3.05, 3.63) is 162 Å². The lowest BCUT2D eigenvalue weighted by Gasteiger charge is -2.29. The van der Waals surface area contributed by atoms with Crippen LogP contribution in [0.4, 0.5) is 28.4 Å². The van der Waals surface area contributed by atoms with Gasteiger partial charge in [-0.15, -0.1) is 0 Å². The summed E-state index contributed by atoms with van der Waals surface area (Å²) in [5, 5.41) is 0. The van der Waals surface area contributed by atoms with E-state index < -0.39 is 0 Å². The Kier molecular flexibility index (Phi) is 7.32. The lowest BCUT2D eigenvalue weighted by Crippen LogP contribution is -2.17. The molecule has 2 nitrogen and oxygen atoms in total. The third-order valence-corrected chi connectivity index (χ3v) is 7.50. The van der Waals surface area contributed by atoms with Crippen LogP contribution in [-0.4, -0.2) is 0 Å². The minimum atomic E-state index is 1.04. The molecule has 0 spiro atoms. The van der Waals surface area contributed by atoms with Gasteiger partial charge < -0.3 is 9.80 Å². The largest absolute Gasteiger partial charge is 0.314 e. The van der Waals surface area contributed by atoms with E-state index in [2.05, 4.69) is 169 Å². The van der Waals surface area contributed by atoms with Crippen molar-refractivity contribution in [1.29, 1.82) is 0 Å². The predicted octanol–water partition coefficient (Wildman–Crippen LogP) is 10.9. The van der Waals surface area contributed by atoms with E-state index >= 15 is 0 Å². The average Bonchev–Trinajstić information content (AvgIpc) is 3.00. The summed E-state index contributed by atoms with van der Waals surface area (Å²) in [7, 11) is 0. The maximum absolute atomic E-state index is 2.38. The number of para-hydroxylation sites is 2. The number of benzene rings is 5. The molecule has 2 heteroatoms. The smallest absolute Gasteiger partial charge is 0.0464 e. The Hall–Kier alpha value is -4.82. The van der Waals surface area contributed by atoms with Crippen molar-refractivity contribution >= 4 is 28.4 Å². The van der Waals surface area contributed by atoms with Gasteiger partial charge in [0.15, 0.2) is 0 Å². The molecule has 1 aliphatic carbocycles. The van der Waals surface area contributed by atoms with Gasteiger partial charge in [-0.25, -0.2) is 0 Å². The highest BCUT2D eigenvalue weighted by molar-refractivity contribution is 5.79. The van der Waals surface area contributed by atoms with Crippen molar-refractivity contribution in [2.75, 3.05) is 9.80 Å². The zero-order valence-corrected chi connectivity index (χ0v) is 23.2. The summed E-state index contributed by atoms with van der Waals surface area (Å²) in [5.41, 5.74) is 12.2. The van der Waals surface area contributed by atoms with Gasteiger partial charge in [-0.3, -0.25) is 0 Å². The van der Waals surface area contributed by atoms with Gasteiger partial charge >= 0.3 is 0 Å². The van der Waals surface area contributed by atoms with Gasteiger partial charge in [-0.2, -0.15) is 0 Å². The molecule has 40 heavy (non-hydrogen) atoms. The normalized spacial score (nSPS) is 12.8. The molecule has 5 aromatic rings. The first-order valence-electron chi connectivity index (χ1n) is 14.0. The second-order valence-electron chi connectivity index (χ2n) is 10.4. The van der Waals surface area contributed by atoms with Gasteiger partial charge in [0.2, 0.25) is 0 Å². The molecule has 0 radical (unpaired) electrons. The van der Waals surface area contributed by atoms with Gasteiger partial charge in [0, 0.05) is 34.1 Å². The Bertz CT molecular complexity index is 1630. The summed E-state index contributed by atoms with van der Waals surface area (Å²) in [6.45, 7) is 4.35. The highest BCUT2D eigenvalue weighted by Gasteiger charge is 2.17. The first-order valence-corrected chi connectivity index (χ1v) is 14.0. The quantitative estimate of drug-likeness (QED) is 0.211. The number of aryl methyl sites for hydroxylation is 1. The van der Waals surface area contributed by atoms with Crippen molar-refractivity contribution in [2.24, 2.45) is 0 Å². The Morgan fingerprint density at radius 3 is 1.45 bits per heavy atom. The van der Waals surface area contributed by atoms with Crippen LogP contribution in [0.1, 0.15) is 25.3 Å². The second-order valence-corrected chi connectivity index (χ2v) is 10.4. The van der Waals surface area contributed by atoms with Crippen LogP contribution in [0.5, 0.6) is 0 Å². The Morgan fingerprint density at radius 2 is 0.925 bits per heavy atom. The van der Waals surface area contributed by atoms with E-state index in [9.17, 15) is 0 Å². The lowest BCUT2D eigenvalue weighted by atomic mass is 10.0. The van der Waals surface area contributed by atoms with Crippen LogP contribution >= 0.6 is 0 Å². The monoisotopic (exact) mass is 518 g/mol. The second kappa shape index (κ2) is 11.5. The SMILES string of the molecule is CC1=CC=C(N(c2ccccc2)c2ccc(-c3ccc(N(c4ccccc4)c4cccc(C)c4)cc3)cc2)CC1. The summed E-state index contributed by atoms with van der Waals surface area (Å²) in [5.74, 6) is 0. The van der Waals surface area contributed by atoms with Crippen LogP contribution in [0, 0.1) is 6.92 Å². The van der Waals surface area contributed by atoms with Gasteiger partial charge in [0.05, 0.1) is 0 Å². The van der Waals surface area contributed by atoms with E-state index in [1.807, 2.05) is 0 Å². The lowest BCUT2D eigenvalue weighted by molar-refractivity contribution is 0.875. The Morgan fingerprint density at radius 1 is 0.425 bits per heavy atom. The standard InChI is InChI=1S/C38H34N2/c1-29-16-22-35(23-17-29)39(33-11-5-3-6-12-33)36-24-18-31(19-25-36)32-20-26-37(27-21-32)40(34-13-7-4-8-14-34)38-15-9-10-30(2)28-38/h3-16,18-22,24-28H,17,23H2,1-2H3. The molecule has 0 aliphatic heterocycles. The molecule has 196 valence electrons. The van der Waals surface area contributed by atoms with E-state index in [0.29, 0.717) is 0 Å². The number of hydrogen-bond donors (Lipinski definition) is 0. The summed E-state index contributed by atoms with van der Waals surface area (Å²) in [4.78, 5) is 4.70. The number of rotatable bonds is 7. The maximum Gasteiger partial charge on any atom is 0.0464 e. The van der Waals surface area contributed by atoms with Crippen molar-refractivity contribution < 1.29 is 0 Å². The topological polar surface area (TPSA) is 6.48 Å². The number of allylic oxidation sites excluding steroid dienone is 4. The molecule has 0 heterocycles. The fourth-order valence-corrected chi connectivity index (χ4v) is 5.37. The van der Waals surface area contributed by atoms with E-state index in [1.54, 1.807) is 0 Å². The summed E-state index contributed by atoms with van der Waals surface area (Å²) in [6, 6.07) is 47.7. The van der Waals surface area contributed by atoms with Crippen LogP contribution in [0.15, 0.2) is 157 Å². The fraction of sp³-hybridized carbons (Fsp3) is 0.105. The zero-order valence-electron chi connectivity index (χ0n) is 23.2. The molecular formula is C38H34N2. The maximum atomic E-state index is 2.38. The third-order valence-electron chi connectivity index (χ3n) is 7.50. The first-order chi connectivity index (χ1) is 19.7. The average molecular weight is 519 g/mol. The van der Waals surface area contributed by atoms with E-state index in [-0.39, 0.29) is 0 Å². The number of anilines is 5. The predicted molar refractivity (Wildman–Crippen MR) is 171 cm³/mol. The molecule has 0 N–H and O–H groups in total. The molecule has 0 atom stereocenters. The van der Waals surface area contributed by atoms with Gasteiger partial charge in [-0.05, 0) is 110 Å². The van der Waals surface area contributed by atoms with Crippen molar-refractivity contribution in [3.8, 4) is 11.1 Å². The summed E-state index contributed by atoms with van der Waals surface area (Å²) >= 11 is 0. The molecule has 0 aromatic heterocycles. The van der Waals surface area contributed by atoms with Crippen LogP contribution in [-0.2, 0) is 0 Å². The number of hydrogen-bond acceptors (Lipinski definition) is 2.